The lowest BCUT2D eigenvalue weighted by atomic mass is 9.90. The number of amidine groups is 1. The number of rotatable bonds is 2. The van der Waals surface area contributed by atoms with Crippen LogP contribution in [0.5, 0.6) is 0 Å². The summed E-state index contributed by atoms with van der Waals surface area (Å²) in [7, 11) is 0. The minimum Gasteiger partial charge on any atom is -0.350 e. The number of carbonyl (C=O) groups is 2. The number of benzene rings is 2. The van der Waals surface area contributed by atoms with Crippen molar-refractivity contribution in [2.75, 3.05) is 16.4 Å². The molecule has 3 N–H and O–H groups in total. The minimum atomic E-state index is -1.55. The van der Waals surface area contributed by atoms with E-state index in [1.807, 2.05) is 18.2 Å². The van der Waals surface area contributed by atoms with Crippen LogP contribution in [0.3, 0.4) is 0 Å². The van der Waals surface area contributed by atoms with Crippen molar-refractivity contribution in [1.29, 1.82) is 0 Å². The molecule has 29 heavy (non-hydrogen) atoms. The van der Waals surface area contributed by atoms with Crippen molar-refractivity contribution in [3.8, 4) is 0 Å². The highest BCUT2D eigenvalue weighted by molar-refractivity contribution is 8.14. The summed E-state index contributed by atoms with van der Waals surface area (Å²) in [6.45, 7) is 3.68. The summed E-state index contributed by atoms with van der Waals surface area (Å²) in [4.78, 5) is 26.3. The maximum absolute atomic E-state index is 14.2. The number of carbonyl (C=O) groups excluding carboxylic acids is 2. The number of hydrogen-bond donors (Lipinski definition) is 3. The van der Waals surface area contributed by atoms with Gasteiger partial charge in [0.25, 0.3) is 11.8 Å². The lowest BCUT2D eigenvalue weighted by Crippen LogP contribution is -2.63. The number of para-hydroxylation sites is 1. The number of thioether (sulfide) groups is 1. The zero-order valence-electron chi connectivity index (χ0n) is 15.1. The highest BCUT2D eigenvalue weighted by Crippen LogP contribution is 2.50. The lowest BCUT2D eigenvalue weighted by molar-refractivity contribution is -0.136. The molecule has 0 radical (unpaired) electrons. The number of anilines is 2. The largest absolute Gasteiger partial charge is 0.350 e. The smallest absolute Gasteiger partial charge is 0.277 e. The first-order valence-electron chi connectivity index (χ1n) is 8.95. The zero-order chi connectivity index (χ0) is 20.2. The molecular weight excluding hydrogens is 393 g/mol. The van der Waals surface area contributed by atoms with E-state index >= 15 is 0 Å². The van der Waals surface area contributed by atoms with Crippen LogP contribution < -0.4 is 16.0 Å². The molecule has 146 valence electrons. The molecule has 3 heterocycles. The van der Waals surface area contributed by atoms with Crippen LogP contribution in [0, 0.1) is 5.82 Å². The van der Waals surface area contributed by atoms with Gasteiger partial charge in [-0.05, 0) is 24.3 Å². The number of fused-ring (bicyclic) bond motifs is 6. The molecule has 0 saturated heterocycles. The van der Waals surface area contributed by atoms with E-state index in [0.29, 0.717) is 33.4 Å². The number of hydrazone groups is 1. The Balaban J connectivity index is 1.76. The van der Waals surface area contributed by atoms with Crippen LogP contribution in [0.1, 0.15) is 17.2 Å². The molecule has 1 spiro atoms. The fraction of sp³-hybridized carbons (Fsp3) is 0.150. The van der Waals surface area contributed by atoms with E-state index in [1.54, 1.807) is 12.1 Å². The van der Waals surface area contributed by atoms with Crippen molar-refractivity contribution < 1.29 is 14.0 Å². The molecule has 0 saturated carbocycles. The van der Waals surface area contributed by atoms with Crippen LogP contribution in [0.4, 0.5) is 15.8 Å². The van der Waals surface area contributed by atoms with Crippen LogP contribution in [0.15, 0.2) is 60.2 Å². The van der Waals surface area contributed by atoms with Gasteiger partial charge in [0.05, 0.1) is 0 Å². The van der Waals surface area contributed by atoms with Gasteiger partial charge in [-0.15, -0.1) is 11.7 Å². The average Bonchev–Trinajstić information content (AvgIpc) is 2.98. The highest BCUT2D eigenvalue weighted by Gasteiger charge is 2.59. The molecule has 7 nitrogen and oxygen atoms in total. The molecule has 3 aliphatic rings. The number of nitrogens with zero attached hydrogens (tertiary/aromatic N) is 2. The molecule has 3 aliphatic heterocycles. The Labute approximate surface area is 170 Å². The van der Waals surface area contributed by atoms with Gasteiger partial charge in [-0.3, -0.25) is 9.59 Å². The van der Waals surface area contributed by atoms with Crippen LogP contribution in [-0.2, 0) is 15.3 Å². The highest BCUT2D eigenvalue weighted by atomic mass is 32.2. The topological polar surface area (TPSA) is 85.8 Å². The van der Waals surface area contributed by atoms with Crippen LogP contribution in [-0.4, -0.2) is 27.7 Å². The summed E-state index contributed by atoms with van der Waals surface area (Å²) < 4.78 is 14.2. The maximum atomic E-state index is 14.2. The first kappa shape index (κ1) is 17.7. The van der Waals surface area contributed by atoms with E-state index in [9.17, 15) is 14.0 Å². The van der Waals surface area contributed by atoms with Crippen molar-refractivity contribution >= 4 is 40.1 Å². The van der Waals surface area contributed by atoms with Crippen molar-refractivity contribution in [3.63, 3.8) is 0 Å². The molecular formula is C20H16FN5O2S. The second kappa shape index (κ2) is 6.35. The van der Waals surface area contributed by atoms with E-state index in [2.05, 4.69) is 27.6 Å². The Morgan fingerprint density at radius 2 is 2.03 bits per heavy atom. The van der Waals surface area contributed by atoms with Gasteiger partial charge in [0.1, 0.15) is 5.82 Å². The summed E-state index contributed by atoms with van der Waals surface area (Å²) in [5.41, 5.74) is 0.615. The lowest BCUT2D eigenvalue weighted by Gasteiger charge is -2.48. The second-order valence-corrected chi connectivity index (χ2v) is 7.82. The van der Waals surface area contributed by atoms with Gasteiger partial charge in [-0.1, -0.05) is 36.0 Å². The van der Waals surface area contributed by atoms with Crippen LogP contribution >= 0.6 is 11.8 Å². The van der Waals surface area contributed by atoms with Crippen molar-refractivity contribution in [2.24, 2.45) is 5.10 Å². The monoisotopic (exact) mass is 409 g/mol. The van der Waals surface area contributed by atoms with E-state index < -0.39 is 23.4 Å². The number of halogens is 1. The predicted molar refractivity (Wildman–Crippen MR) is 110 cm³/mol. The van der Waals surface area contributed by atoms with E-state index in [0.717, 1.165) is 0 Å². The Morgan fingerprint density at radius 1 is 1.21 bits per heavy atom. The number of hydrogen-bond acceptors (Lipinski definition) is 6. The van der Waals surface area contributed by atoms with Crippen LogP contribution in [0.25, 0.3) is 0 Å². The van der Waals surface area contributed by atoms with Gasteiger partial charge in [0.15, 0.2) is 11.2 Å². The molecule has 2 aromatic rings. The molecule has 0 fully saturated rings. The van der Waals surface area contributed by atoms with Gasteiger partial charge in [-0.2, -0.15) is 0 Å². The Hall–Kier alpha value is -3.33. The quantitative estimate of drug-likeness (QED) is 0.664. The Kier molecular flexibility index (Phi) is 3.88. The van der Waals surface area contributed by atoms with Gasteiger partial charge >= 0.3 is 0 Å². The average molecular weight is 409 g/mol. The molecule has 9 heteroatoms. The fourth-order valence-electron chi connectivity index (χ4n) is 3.92. The number of nitrogens with one attached hydrogen (secondary N) is 3. The molecule has 0 aromatic heterocycles. The third-order valence-corrected chi connectivity index (χ3v) is 5.98. The summed E-state index contributed by atoms with van der Waals surface area (Å²) in [5.74, 6) is -0.684. The van der Waals surface area contributed by atoms with Gasteiger partial charge in [-0.25, -0.2) is 9.40 Å². The van der Waals surface area contributed by atoms with Crippen LogP contribution in [0.2, 0.25) is 0 Å². The van der Waals surface area contributed by atoms with Gasteiger partial charge < -0.3 is 16.0 Å². The third-order valence-electron chi connectivity index (χ3n) is 5.12. The van der Waals surface area contributed by atoms with E-state index in [1.165, 1.54) is 35.0 Å². The van der Waals surface area contributed by atoms with E-state index in [4.69, 9.17) is 0 Å². The molecule has 2 unspecified atom stereocenters. The first-order valence-corrected chi connectivity index (χ1v) is 9.94. The molecule has 0 aliphatic carbocycles. The van der Waals surface area contributed by atoms with Crippen molar-refractivity contribution in [1.82, 2.24) is 10.3 Å². The third kappa shape index (κ3) is 2.47. The van der Waals surface area contributed by atoms with Gasteiger partial charge in [0.2, 0.25) is 5.66 Å². The molecule has 5 rings (SSSR count). The second-order valence-electron chi connectivity index (χ2n) is 6.81. The molecule has 2 atom stereocenters. The SMILES string of the molecule is C=CCSC1=NN2C(C(=O)N1)c1ccccc1NC21C(=O)Nc2ccc(F)cc21. The standard InChI is InChI=1S/C20H16FN5O2S/c1-2-9-29-19-23-17(27)16-12-5-3-4-6-14(12)24-20(26(16)25-19)13-10-11(21)7-8-15(13)22-18(20)28/h2-8,10,16,24H,1,9H2,(H,22,28)(H,23,25,27). The number of amides is 2. The van der Waals surface area contributed by atoms with Gasteiger partial charge in [0, 0.05) is 28.3 Å². The summed E-state index contributed by atoms with van der Waals surface area (Å²) in [5, 5.41) is 15.2. The minimum absolute atomic E-state index is 0.308. The maximum Gasteiger partial charge on any atom is 0.277 e. The summed E-state index contributed by atoms with van der Waals surface area (Å²) >= 11 is 1.29. The van der Waals surface area contributed by atoms with Crippen molar-refractivity contribution in [2.45, 2.75) is 11.7 Å². The normalized spacial score (nSPS) is 24.0. The molecule has 2 aromatic carbocycles. The Bertz CT molecular complexity index is 1100. The predicted octanol–water partition coefficient (Wildman–Crippen LogP) is 2.72. The zero-order valence-corrected chi connectivity index (χ0v) is 15.9. The van der Waals surface area contributed by atoms with E-state index in [-0.39, 0.29) is 5.91 Å². The summed E-state index contributed by atoms with van der Waals surface area (Å²) in [6, 6.07) is 10.5. The molecule has 0 bridgehead atoms. The van der Waals surface area contributed by atoms with Crippen molar-refractivity contribution in [3.05, 3.63) is 72.1 Å². The Morgan fingerprint density at radius 3 is 2.86 bits per heavy atom. The summed E-state index contributed by atoms with van der Waals surface area (Å²) in [6.07, 6.45) is 1.69. The first-order chi connectivity index (χ1) is 14.0. The fourth-order valence-corrected chi connectivity index (χ4v) is 4.52. The molecule has 2 amide bonds.